The molecule has 0 aliphatic carbocycles. The second-order valence-electron chi connectivity index (χ2n) is 3.85. The molecular weight excluding hydrogens is 228 g/mol. The highest BCUT2D eigenvalue weighted by molar-refractivity contribution is 5.97. The molecule has 18 heavy (non-hydrogen) atoms. The van der Waals surface area contributed by atoms with E-state index in [1.807, 2.05) is 31.2 Å². The number of phenolic OH excluding ortho intramolecular Hbond substituents is 1. The summed E-state index contributed by atoms with van der Waals surface area (Å²) >= 11 is 0. The van der Waals surface area contributed by atoms with Crippen molar-refractivity contribution >= 4 is 10.8 Å². The van der Waals surface area contributed by atoms with E-state index in [0.29, 0.717) is 17.7 Å². The van der Waals surface area contributed by atoms with Crippen LogP contribution in [0.25, 0.3) is 10.8 Å². The fraction of sp³-hybridized carbons (Fsp3) is 0.200. The van der Waals surface area contributed by atoms with E-state index < -0.39 is 0 Å². The molecule has 0 aromatic heterocycles. The van der Waals surface area contributed by atoms with Gasteiger partial charge in [0.05, 0.1) is 12.5 Å². The maximum atomic E-state index is 9.93. The highest BCUT2D eigenvalue weighted by Gasteiger charge is 2.10. The van der Waals surface area contributed by atoms with Crippen molar-refractivity contribution in [2.75, 3.05) is 13.7 Å². The summed E-state index contributed by atoms with van der Waals surface area (Å²) in [4.78, 5) is 0. The van der Waals surface area contributed by atoms with Crippen molar-refractivity contribution in [1.29, 1.82) is 0 Å². The third-order valence-electron chi connectivity index (χ3n) is 2.73. The van der Waals surface area contributed by atoms with E-state index in [2.05, 4.69) is 0 Å². The van der Waals surface area contributed by atoms with Gasteiger partial charge in [0.15, 0.2) is 0 Å². The largest absolute Gasteiger partial charge is 0.507 e. The molecule has 0 radical (unpaired) electrons. The predicted molar refractivity (Wildman–Crippen MR) is 72.5 cm³/mol. The van der Waals surface area contributed by atoms with E-state index >= 15 is 0 Å². The molecule has 0 aliphatic heterocycles. The molecule has 0 saturated heterocycles. The number of fused-ring (bicyclic) bond motifs is 1. The minimum absolute atomic E-state index is 0.195. The van der Waals surface area contributed by atoms with Crippen molar-refractivity contribution in [3.8, 4) is 17.2 Å². The van der Waals surface area contributed by atoms with Gasteiger partial charge in [0.1, 0.15) is 23.9 Å². The molecule has 2 rings (SSSR count). The minimum atomic E-state index is 0.195. The minimum Gasteiger partial charge on any atom is -0.507 e. The number of ether oxygens (including phenoxy) is 2. The third-order valence-corrected chi connectivity index (χ3v) is 2.73. The summed E-state index contributed by atoms with van der Waals surface area (Å²) in [5, 5.41) is 11.5. The molecule has 0 spiro atoms. The molecule has 0 heterocycles. The van der Waals surface area contributed by atoms with Gasteiger partial charge in [0.2, 0.25) is 0 Å². The summed E-state index contributed by atoms with van der Waals surface area (Å²) in [6, 6.07) is 8.99. The lowest BCUT2D eigenvalue weighted by atomic mass is 10.1. The van der Waals surface area contributed by atoms with Gasteiger partial charge in [0, 0.05) is 5.39 Å². The fourth-order valence-corrected chi connectivity index (χ4v) is 1.86. The van der Waals surface area contributed by atoms with Crippen LogP contribution in [-0.4, -0.2) is 18.8 Å². The molecule has 94 valence electrons. The monoisotopic (exact) mass is 244 g/mol. The fourth-order valence-electron chi connectivity index (χ4n) is 1.86. The zero-order chi connectivity index (χ0) is 13.0. The lowest BCUT2D eigenvalue weighted by molar-refractivity contribution is 0.365. The number of hydrogen-bond acceptors (Lipinski definition) is 3. The Morgan fingerprint density at radius 3 is 2.67 bits per heavy atom. The Hall–Kier alpha value is -2.16. The number of benzene rings is 2. The van der Waals surface area contributed by atoms with Crippen LogP contribution in [-0.2, 0) is 0 Å². The first-order chi connectivity index (χ1) is 8.77. The van der Waals surface area contributed by atoms with Crippen molar-refractivity contribution in [3.05, 3.63) is 42.5 Å². The van der Waals surface area contributed by atoms with Crippen molar-refractivity contribution < 1.29 is 14.6 Å². The average molecular weight is 244 g/mol. The van der Waals surface area contributed by atoms with Gasteiger partial charge in [0.25, 0.3) is 0 Å². The van der Waals surface area contributed by atoms with Crippen molar-refractivity contribution in [2.24, 2.45) is 0 Å². The molecule has 0 saturated carbocycles. The molecule has 0 atom stereocenters. The van der Waals surface area contributed by atoms with Crippen LogP contribution >= 0.6 is 0 Å². The zero-order valence-electron chi connectivity index (χ0n) is 10.5. The van der Waals surface area contributed by atoms with Crippen LogP contribution < -0.4 is 9.47 Å². The molecular formula is C15H16O3. The molecule has 2 aromatic carbocycles. The van der Waals surface area contributed by atoms with E-state index in [1.165, 1.54) is 0 Å². The van der Waals surface area contributed by atoms with E-state index in [-0.39, 0.29) is 5.75 Å². The van der Waals surface area contributed by atoms with E-state index in [9.17, 15) is 5.11 Å². The van der Waals surface area contributed by atoms with Gasteiger partial charge in [-0.05, 0) is 25.1 Å². The molecule has 2 aromatic rings. The summed E-state index contributed by atoms with van der Waals surface area (Å²) in [6.45, 7) is 2.45. The quantitative estimate of drug-likeness (QED) is 0.836. The van der Waals surface area contributed by atoms with Crippen LogP contribution in [0.15, 0.2) is 42.5 Å². The summed E-state index contributed by atoms with van der Waals surface area (Å²) in [5.74, 6) is 1.57. The number of rotatable bonds is 4. The van der Waals surface area contributed by atoms with Gasteiger partial charge in [-0.15, -0.1) is 0 Å². The van der Waals surface area contributed by atoms with Crippen LogP contribution in [0.3, 0.4) is 0 Å². The molecule has 3 nitrogen and oxygen atoms in total. The second-order valence-corrected chi connectivity index (χ2v) is 3.85. The normalized spacial score (nSPS) is 11.0. The number of allylic oxidation sites excluding steroid dienone is 1. The summed E-state index contributed by atoms with van der Waals surface area (Å²) in [6.07, 6.45) is 3.86. The lowest BCUT2D eigenvalue weighted by Gasteiger charge is -2.11. The zero-order valence-corrected chi connectivity index (χ0v) is 10.5. The first kappa shape index (κ1) is 12.3. The lowest BCUT2D eigenvalue weighted by Crippen LogP contribution is -1.95. The summed E-state index contributed by atoms with van der Waals surface area (Å²) < 4.78 is 10.9. The van der Waals surface area contributed by atoms with Gasteiger partial charge < -0.3 is 14.6 Å². The predicted octanol–water partition coefficient (Wildman–Crippen LogP) is 3.51. The number of methoxy groups -OCH3 is 1. The van der Waals surface area contributed by atoms with Crippen LogP contribution in [0.2, 0.25) is 0 Å². The first-order valence-corrected chi connectivity index (χ1v) is 5.80. The van der Waals surface area contributed by atoms with Crippen molar-refractivity contribution in [3.63, 3.8) is 0 Å². The van der Waals surface area contributed by atoms with E-state index in [4.69, 9.17) is 9.47 Å². The Labute approximate surface area is 106 Å². The molecule has 0 amide bonds. The molecule has 3 heteroatoms. The number of hydrogen-bond donors (Lipinski definition) is 1. The maximum Gasteiger partial charge on any atom is 0.130 e. The Morgan fingerprint density at radius 2 is 1.94 bits per heavy atom. The van der Waals surface area contributed by atoms with Crippen molar-refractivity contribution in [1.82, 2.24) is 0 Å². The highest BCUT2D eigenvalue weighted by atomic mass is 16.5. The van der Waals surface area contributed by atoms with Crippen LogP contribution in [0, 0.1) is 0 Å². The maximum absolute atomic E-state index is 9.93. The van der Waals surface area contributed by atoms with Gasteiger partial charge in [-0.2, -0.15) is 0 Å². The Kier molecular flexibility index (Phi) is 3.72. The molecule has 0 unspecified atom stereocenters. The van der Waals surface area contributed by atoms with Crippen molar-refractivity contribution in [2.45, 2.75) is 6.92 Å². The van der Waals surface area contributed by atoms with Crippen LogP contribution in [0.5, 0.6) is 17.2 Å². The Bertz CT molecular complexity index is 573. The van der Waals surface area contributed by atoms with Gasteiger partial charge in [-0.1, -0.05) is 24.3 Å². The molecule has 1 N–H and O–H groups in total. The van der Waals surface area contributed by atoms with Gasteiger partial charge >= 0.3 is 0 Å². The highest BCUT2D eigenvalue weighted by Crippen LogP contribution is 2.38. The average Bonchev–Trinajstić information content (AvgIpc) is 2.39. The topological polar surface area (TPSA) is 38.7 Å². The first-order valence-electron chi connectivity index (χ1n) is 5.80. The third kappa shape index (κ3) is 2.25. The van der Waals surface area contributed by atoms with Crippen LogP contribution in [0.1, 0.15) is 6.92 Å². The molecule has 0 aliphatic rings. The summed E-state index contributed by atoms with van der Waals surface area (Å²) in [7, 11) is 1.58. The second kappa shape index (κ2) is 5.45. The number of phenols is 1. The number of aromatic hydroxyl groups is 1. The Balaban J connectivity index is 2.52. The van der Waals surface area contributed by atoms with E-state index in [1.54, 1.807) is 25.3 Å². The van der Waals surface area contributed by atoms with Crippen LogP contribution in [0.4, 0.5) is 0 Å². The Morgan fingerprint density at radius 1 is 1.17 bits per heavy atom. The van der Waals surface area contributed by atoms with E-state index in [0.717, 1.165) is 11.1 Å². The summed E-state index contributed by atoms with van der Waals surface area (Å²) in [5.41, 5.74) is 0. The smallest absolute Gasteiger partial charge is 0.130 e. The molecule has 0 fully saturated rings. The van der Waals surface area contributed by atoms with Gasteiger partial charge in [-0.3, -0.25) is 0 Å². The van der Waals surface area contributed by atoms with Gasteiger partial charge in [-0.25, -0.2) is 0 Å². The SMILES string of the molecule is C/C=C/COc1ccc(OC)c2c(O)cccc12. The molecule has 0 bridgehead atoms. The standard InChI is InChI=1S/C15H16O3/c1-3-4-10-18-13-8-9-14(17-2)15-11(13)6-5-7-12(15)16/h3-9,16H,10H2,1-2H3/b4-3+.